The highest BCUT2D eigenvalue weighted by Gasteiger charge is 2.20. The zero-order chi connectivity index (χ0) is 28.2. The number of nitrogens with zero attached hydrogens (tertiary/aromatic N) is 3. The van der Waals surface area contributed by atoms with Gasteiger partial charge < -0.3 is 15.2 Å². The molecule has 0 saturated carbocycles. The van der Waals surface area contributed by atoms with Gasteiger partial charge in [-0.3, -0.25) is 10.1 Å². The van der Waals surface area contributed by atoms with Gasteiger partial charge in [-0.05, 0) is 67.7 Å². The van der Waals surface area contributed by atoms with Crippen LogP contribution in [-0.4, -0.2) is 38.2 Å². The summed E-state index contributed by atoms with van der Waals surface area (Å²) in [5, 5.41) is 12.4. The highest BCUT2D eigenvalue weighted by Crippen LogP contribution is 2.34. The minimum absolute atomic E-state index is 0.758. The Bertz CT molecular complexity index is 1720. The molecule has 0 bridgehead atoms. The third-order valence-corrected chi connectivity index (χ3v) is 7.73. The van der Waals surface area contributed by atoms with E-state index in [1.165, 1.54) is 36.1 Å². The fraction of sp³-hybridized carbons (Fsp3) is 0.200. The lowest BCUT2D eigenvalue weighted by Crippen LogP contribution is -2.28. The van der Waals surface area contributed by atoms with Crippen LogP contribution in [0.3, 0.4) is 0 Å². The highest BCUT2D eigenvalue weighted by atomic mass is 15.1. The largest absolute Gasteiger partial charge is 0.371 e. The molecule has 6 heteroatoms. The predicted octanol–water partition coefficient (Wildman–Crippen LogP) is 8.11. The summed E-state index contributed by atoms with van der Waals surface area (Å²) in [7, 11) is 0. The van der Waals surface area contributed by atoms with E-state index in [2.05, 4.69) is 93.9 Å². The number of allylic oxidation sites excluding steroid dienone is 3. The first-order chi connectivity index (χ1) is 20.1. The Morgan fingerprint density at radius 1 is 1.00 bits per heavy atom. The summed E-state index contributed by atoms with van der Waals surface area (Å²) in [6.45, 7) is 12.5. The topological polar surface area (TPSA) is 72.6 Å². The number of rotatable bonds is 9. The second kappa shape index (κ2) is 11.7. The van der Waals surface area contributed by atoms with Crippen LogP contribution in [-0.2, 0) is 6.42 Å². The normalized spacial score (nSPS) is 13.9. The predicted molar refractivity (Wildman–Crippen MR) is 170 cm³/mol. The van der Waals surface area contributed by atoms with Crippen LogP contribution in [0.4, 0.5) is 5.69 Å². The van der Waals surface area contributed by atoms with Gasteiger partial charge in [-0.15, -0.1) is 0 Å². The molecule has 206 valence electrons. The number of fused-ring (bicyclic) bond motifs is 1. The van der Waals surface area contributed by atoms with Gasteiger partial charge in [0.15, 0.2) is 0 Å². The zero-order valence-electron chi connectivity index (χ0n) is 23.6. The van der Waals surface area contributed by atoms with E-state index in [1.807, 2.05) is 36.7 Å². The molecule has 1 aliphatic heterocycles. The van der Waals surface area contributed by atoms with Gasteiger partial charge in [0, 0.05) is 59.3 Å². The number of H-pyrrole nitrogens is 2. The van der Waals surface area contributed by atoms with Crippen molar-refractivity contribution in [2.75, 3.05) is 18.4 Å². The molecule has 2 aromatic carbocycles. The molecule has 1 saturated heterocycles. The van der Waals surface area contributed by atoms with E-state index < -0.39 is 0 Å². The maximum atomic E-state index is 4.72. The number of anilines is 1. The third kappa shape index (κ3) is 5.73. The molecular formula is C35H36N6. The first-order valence-electron chi connectivity index (χ1n) is 14.3. The molecule has 0 atom stereocenters. The smallest absolute Gasteiger partial charge is 0.116 e. The molecule has 0 spiro atoms. The maximum absolute atomic E-state index is 4.72. The van der Waals surface area contributed by atoms with E-state index in [0.717, 1.165) is 70.0 Å². The number of likely N-dealkylation sites (tertiary alicyclic amines) is 1. The molecule has 41 heavy (non-hydrogen) atoms. The van der Waals surface area contributed by atoms with Crippen molar-refractivity contribution in [3.05, 3.63) is 121 Å². The number of aromatic nitrogens is 4. The molecular weight excluding hydrogens is 504 g/mol. The highest BCUT2D eigenvalue weighted by molar-refractivity contribution is 5.95. The van der Waals surface area contributed by atoms with E-state index >= 15 is 0 Å². The lowest BCUT2D eigenvalue weighted by Gasteiger charge is -2.31. The summed E-state index contributed by atoms with van der Waals surface area (Å²) in [5.74, 6) is 0. The van der Waals surface area contributed by atoms with Crippen LogP contribution in [0.1, 0.15) is 36.1 Å². The van der Waals surface area contributed by atoms with Gasteiger partial charge >= 0.3 is 0 Å². The summed E-state index contributed by atoms with van der Waals surface area (Å²) in [6.07, 6.45) is 12.3. The number of benzene rings is 2. The van der Waals surface area contributed by atoms with Crippen molar-refractivity contribution >= 4 is 22.3 Å². The first kappa shape index (κ1) is 26.4. The minimum Gasteiger partial charge on any atom is -0.371 e. The molecule has 0 amide bonds. The van der Waals surface area contributed by atoms with Gasteiger partial charge in [0.05, 0.1) is 23.1 Å². The van der Waals surface area contributed by atoms with Crippen LogP contribution in [0.15, 0.2) is 104 Å². The van der Waals surface area contributed by atoms with Gasteiger partial charge in [-0.2, -0.15) is 5.10 Å². The second-order valence-electron chi connectivity index (χ2n) is 10.7. The van der Waals surface area contributed by atoms with E-state index in [4.69, 9.17) is 5.10 Å². The lowest BCUT2D eigenvalue weighted by atomic mass is 10.0. The van der Waals surface area contributed by atoms with Crippen molar-refractivity contribution in [1.29, 1.82) is 0 Å². The van der Waals surface area contributed by atoms with E-state index in [-0.39, 0.29) is 0 Å². The monoisotopic (exact) mass is 540 g/mol. The Balaban J connectivity index is 1.28. The van der Waals surface area contributed by atoms with Crippen molar-refractivity contribution in [3.63, 3.8) is 0 Å². The van der Waals surface area contributed by atoms with Crippen molar-refractivity contribution in [3.8, 4) is 22.5 Å². The molecule has 1 aliphatic rings. The summed E-state index contributed by atoms with van der Waals surface area (Å²) in [5.41, 5.74) is 11.6. The summed E-state index contributed by atoms with van der Waals surface area (Å²) < 4.78 is 0. The number of hydrogen-bond donors (Lipinski definition) is 3. The number of aryl methyl sites for hydroxylation is 1. The molecule has 0 radical (unpaired) electrons. The zero-order valence-corrected chi connectivity index (χ0v) is 23.6. The van der Waals surface area contributed by atoms with E-state index in [1.54, 1.807) is 0 Å². The molecule has 0 unspecified atom stereocenters. The maximum Gasteiger partial charge on any atom is 0.116 e. The SMILES string of the molecule is C=C/C=C(\c1cc(-c2n[nH]c3ccc(-c4cncc(NC(=C)Cc5ccccc5)c4)cc23)[nH]c1C)N1CCCCC1. The Morgan fingerprint density at radius 2 is 1.83 bits per heavy atom. The van der Waals surface area contributed by atoms with Crippen LogP contribution < -0.4 is 5.32 Å². The van der Waals surface area contributed by atoms with Gasteiger partial charge in [-0.25, -0.2) is 0 Å². The van der Waals surface area contributed by atoms with Crippen molar-refractivity contribution in [2.45, 2.75) is 32.6 Å². The lowest BCUT2D eigenvalue weighted by molar-refractivity contribution is 0.326. The second-order valence-corrected chi connectivity index (χ2v) is 10.7. The van der Waals surface area contributed by atoms with Crippen LogP contribution in [0.2, 0.25) is 0 Å². The molecule has 4 heterocycles. The Kier molecular flexibility index (Phi) is 7.54. The molecule has 6 nitrogen and oxygen atoms in total. The minimum atomic E-state index is 0.758. The van der Waals surface area contributed by atoms with Gasteiger partial charge in [-0.1, -0.05) is 55.6 Å². The van der Waals surface area contributed by atoms with Crippen molar-refractivity contribution in [2.24, 2.45) is 0 Å². The fourth-order valence-corrected chi connectivity index (χ4v) is 5.72. The van der Waals surface area contributed by atoms with Crippen molar-refractivity contribution in [1.82, 2.24) is 25.1 Å². The first-order valence-corrected chi connectivity index (χ1v) is 14.3. The number of nitrogens with one attached hydrogen (secondary N) is 3. The van der Waals surface area contributed by atoms with Crippen LogP contribution in [0.25, 0.3) is 39.1 Å². The average molecular weight is 541 g/mol. The molecule has 3 aromatic heterocycles. The summed E-state index contributed by atoms with van der Waals surface area (Å²) >= 11 is 0. The van der Waals surface area contributed by atoms with Crippen LogP contribution in [0, 0.1) is 6.92 Å². The number of hydrogen-bond acceptors (Lipinski definition) is 4. The molecule has 3 N–H and O–H groups in total. The number of piperidine rings is 1. The third-order valence-electron chi connectivity index (χ3n) is 7.73. The molecule has 5 aromatic rings. The standard InChI is InChI=1S/C35H36N6/c1-4-11-34(41-16-9-6-10-17-41)30-21-33(38-25(30)3)35-31-20-27(14-15-32(31)39-40-35)28-19-29(23-36-22-28)37-24(2)18-26-12-7-5-8-13-26/h4-5,7-8,11-15,19-23,37-38H,1-2,6,9-10,16-18H2,3H3,(H,39,40)/b34-11+. The number of aromatic amines is 2. The number of pyridine rings is 1. The Hall–Kier alpha value is -4.84. The van der Waals surface area contributed by atoms with E-state index in [9.17, 15) is 0 Å². The molecule has 1 fully saturated rings. The van der Waals surface area contributed by atoms with E-state index in [0.29, 0.717) is 0 Å². The Labute approximate surface area is 241 Å². The van der Waals surface area contributed by atoms with Crippen molar-refractivity contribution < 1.29 is 0 Å². The van der Waals surface area contributed by atoms with Crippen LogP contribution in [0.5, 0.6) is 0 Å². The van der Waals surface area contributed by atoms with Gasteiger partial charge in [0.2, 0.25) is 0 Å². The van der Waals surface area contributed by atoms with Crippen LogP contribution >= 0.6 is 0 Å². The summed E-state index contributed by atoms with van der Waals surface area (Å²) in [4.78, 5) is 10.6. The average Bonchev–Trinajstić information content (AvgIpc) is 3.59. The molecule has 6 rings (SSSR count). The summed E-state index contributed by atoms with van der Waals surface area (Å²) in [6, 6.07) is 21.1. The van der Waals surface area contributed by atoms with Gasteiger partial charge in [0.25, 0.3) is 0 Å². The fourth-order valence-electron chi connectivity index (χ4n) is 5.72. The van der Waals surface area contributed by atoms with Gasteiger partial charge in [0.1, 0.15) is 5.69 Å². The quantitative estimate of drug-likeness (QED) is 0.165. The Morgan fingerprint density at radius 3 is 2.63 bits per heavy atom. The molecule has 0 aliphatic carbocycles.